The summed E-state index contributed by atoms with van der Waals surface area (Å²) in [4.78, 5) is 13.3. The summed E-state index contributed by atoms with van der Waals surface area (Å²) in [7, 11) is 0. The van der Waals surface area contributed by atoms with E-state index in [-0.39, 0.29) is 5.91 Å². The van der Waals surface area contributed by atoms with Crippen LogP contribution in [0.15, 0.2) is 12.7 Å². The van der Waals surface area contributed by atoms with Crippen molar-refractivity contribution in [1.29, 1.82) is 0 Å². The lowest BCUT2D eigenvalue weighted by Gasteiger charge is -2.22. The molecular formula is C10H17NOS. The van der Waals surface area contributed by atoms with Gasteiger partial charge in [0, 0.05) is 13.1 Å². The van der Waals surface area contributed by atoms with Gasteiger partial charge in [-0.2, -0.15) is 12.6 Å². The number of hydrogen-bond donors (Lipinski definition) is 1. The molecule has 13 heavy (non-hydrogen) atoms. The number of carbonyl (C=O) groups excluding carboxylic acids is 1. The molecule has 1 saturated heterocycles. The van der Waals surface area contributed by atoms with Gasteiger partial charge < -0.3 is 4.90 Å². The molecule has 0 unspecified atom stereocenters. The standard InChI is InChI=1S/C10H17NOS/c1-2-10(12)11-6-4-3-5-9(7-11)8-13/h2,9,13H,1,3-8H2/t9-/m1/s1. The Bertz CT molecular complexity index is 193. The Kier molecular flexibility index (Phi) is 4.36. The normalized spacial score (nSPS) is 23.8. The van der Waals surface area contributed by atoms with Crippen LogP contribution < -0.4 is 0 Å². The fraction of sp³-hybridized carbons (Fsp3) is 0.700. The summed E-state index contributed by atoms with van der Waals surface area (Å²) in [5, 5.41) is 0. The summed E-state index contributed by atoms with van der Waals surface area (Å²) in [5.74, 6) is 1.50. The first-order valence-electron chi connectivity index (χ1n) is 4.80. The molecule has 74 valence electrons. The van der Waals surface area contributed by atoms with Gasteiger partial charge in [-0.05, 0) is 30.6 Å². The highest BCUT2D eigenvalue weighted by atomic mass is 32.1. The van der Waals surface area contributed by atoms with Crippen LogP contribution in [-0.2, 0) is 4.79 Å². The van der Waals surface area contributed by atoms with Crippen LogP contribution in [0.4, 0.5) is 0 Å². The third-order valence-electron chi connectivity index (χ3n) is 2.51. The lowest BCUT2D eigenvalue weighted by molar-refractivity contribution is -0.126. The smallest absolute Gasteiger partial charge is 0.245 e. The molecule has 1 rings (SSSR count). The summed E-state index contributed by atoms with van der Waals surface area (Å²) >= 11 is 4.29. The molecule has 0 aliphatic carbocycles. The van der Waals surface area contributed by atoms with E-state index < -0.39 is 0 Å². The first kappa shape index (κ1) is 10.6. The topological polar surface area (TPSA) is 20.3 Å². The Labute approximate surface area is 85.4 Å². The van der Waals surface area contributed by atoms with Gasteiger partial charge in [-0.15, -0.1) is 0 Å². The van der Waals surface area contributed by atoms with Crippen LogP contribution in [0.5, 0.6) is 0 Å². The van der Waals surface area contributed by atoms with E-state index in [1.54, 1.807) is 0 Å². The highest BCUT2D eigenvalue weighted by Gasteiger charge is 2.18. The van der Waals surface area contributed by atoms with Crippen molar-refractivity contribution < 1.29 is 4.79 Å². The Morgan fingerprint density at radius 1 is 1.62 bits per heavy atom. The van der Waals surface area contributed by atoms with Crippen molar-refractivity contribution in [2.75, 3.05) is 18.8 Å². The van der Waals surface area contributed by atoms with E-state index >= 15 is 0 Å². The summed E-state index contributed by atoms with van der Waals surface area (Å²) in [6, 6.07) is 0. The molecule has 1 aliphatic heterocycles. The molecule has 0 spiro atoms. The molecule has 0 radical (unpaired) electrons. The fourth-order valence-electron chi connectivity index (χ4n) is 1.71. The lowest BCUT2D eigenvalue weighted by atomic mass is 10.1. The fourth-order valence-corrected chi connectivity index (χ4v) is 2.01. The molecule has 1 atom stereocenters. The predicted octanol–water partition coefficient (Wildman–Crippen LogP) is 1.73. The minimum Gasteiger partial charge on any atom is -0.339 e. The van der Waals surface area contributed by atoms with Crippen LogP contribution in [0, 0.1) is 5.92 Å². The maximum absolute atomic E-state index is 11.4. The Hall–Kier alpha value is -0.440. The van der Waals surface area contributed by atoms with Crippen molar-refractivity contribution in [2.24, 2.45) is 5.92 Å². The number of nitrogens with zero attached hydrogens (tertiary/aromatic N) is 1. The van der Waals surface area contributed by atoms with Crippen LogP contribution in [0.2, 0.25) is 0 Å². The molecule has 0 aromatic rings. The molecule has 0 aromatic heterocycles. The summed E-state index contributed by atoms with van der Waals surface area (Å²) in [6.45, 7) is 5.25. The predicted molar refractivity (Wildman–Crippen MR) is 58.0 cm³/mol. The molecule has 0 bridgehead atoms. The zero-order valence-corrected chi connectivity index (χ0v) is 8.80. The van der Waals surface area contributed by atoms with Gasteiger partial charge in [0.25, 0.3) is 0 Å². The molecule has 0 saturated carbocycles. The molecule has 1 aliphatic rings. The number of carbonyl (C=O) groups is 1. The number of hydrogen-bond acceptors (Lipinski definition) is 2. The quantitative estimate of drug-likeness (QED) is 0.530. The highest BCUT2D eigenvalue weighted by Crippen LogP contribution is 2.17. The summed E-state index contributed by atoms with van der Waals surface area (Å²) in [6.07, 6.45) is 4.93. The Morgan fingerprint density at radius 2 is 2.38 bits per heavy atom. The van der Waals surface area contributed by atoms with Gasteiger partial charge >= 0.3 is 0 Å². The Morgan fingerprint density at radius 3 is 3.00 bits per heavy atom. The molecule has 1 heterocycles. The van der Waals surface area contributed by atoms with Crippen LogP contribution in [0.25, 0.3) is 0 Å². The van der Waals surface area contributed by atoms with Gasteiger partial charge in [0.2, 0.25) is 5.91 Å². The van der Waals surface area contributed by atoms with Crippen LogP contribution in [-0.4, -0.2) is 29.6 Å². The zero-order valence-electron chi connectivity index (χ0n) is 7.91. The van der Waals surface area contributed by atoms with Gasteiger partial charge in [-0.3, -0.25) is 4.79 Å². The third-order valence-corrected chi connectivity index (χ3v) is 3.03. The van der Waals surface area contributed by atoms with Gasteiger partial charge in [-0.1, -0.05) is 13.0 Å². The van der Waals surface area contributed by atoms with Crippen LogP contribution >= 0.6 is 12.6 Å². The van der Waals surface area contributed by atoms with E-state index in [4.69, 9.17) is 0 Å². The van der Waals surface area contributed by atoms with Gasteiger partial charge in [0.1, 0.15) is 0 Å². The largest absolute Gasteiger partial charge is 0.339 e. The molecule has 2 nitrogen and oxygen atoms in total. The molecule has 1 amide bonds. The average Bonchev–Trinajstić information content (AvgIpc) is 2.41. The minimum atomic E-state index is 0.0636. The van der Waals surface area contributed by atoms with E-state index in [9.17, 15) is 4.79 Å². The van der Waals surface area contributed by atoms with Crippen LogP contribution in [0.3, 0.4) is 0 Å². The number of likely N-dealkylation sites (tertiary alicyclic amines) is 1. The van der Waals surface area contributed by atoms with Crippen molar-refractivity contribution in [1.82, 2.24) is 4.90 Å². The van der Waals surface area contributed by atoms with Crippen LogP contribution in [0.1, 0.15) is 19.3 Å². The number of amides is 1. The van der Waals surface area contributed by atoms with Crippen molar-refractivity contribution in [3.8, 4) is 0 Å². The molecule has 0 N–H and O–H groups in total. The summed E-state index contributed by atoms with van der Waals surface area (Å²) in [5.41, 5.74) is 0. The Balaban J connectivity index is 2.53. The maximum atomic E-state index is 11.4. The second-order valence-corrected chi connectivity index (χ2v) is 3.90. The zero-order chi connectivity index (χ0) is 9.68. The van der Waals surface area contributed by atoms with E-state index in [0.29, 0.717) is 5.92 Å². The second-order valence-electron chi connectivity index (χ2n) is 3.53. The molecule has 0 aromatic carbocycles. The van der Waals surface area contributed by atoms with Gasteiger partial charge in [-0.25, -0.2) is 0 Å². The molecule has 3 heteroatoms. The van der Waals surface area contributed by atoms with E-state index in [2.05, 4.69) is 19.2 Å². The third kappa shape index (κ3) is 3.07. The van der Waals surface area contributed by atoms with Crippen molar-refractivity contribution in [3.05, 3.63) is 12.7 Å². The monoisotopic (exact) mass is 199 g/mol. The summed E-state index contributed by atoms with van der Waals surface area (Å²) < 4.78 is 0. The molecular weight excluding hydrogens is 182 g/mol. The van der Waals surface area contributed by atoms with E-state index in [1.807, 2.05) is 4.90 Å². The SMILES string of the molecule is C=CC(=O)N1CCCC[C@@H](CS)C1. The number of thiol groups is 1. The molecule has 1 fully saturated rings. The van der Waals surface area contributed by atoms with Crippen molar-refractivity contribution in [2.45, 2.75) is 19.3 Å². The van der Waals surface area contributed by atoms with Crippen molar-refractivity contribution >= 4 is 18.5 Å². The van der Waals surface area contributed by atoms with Gasteiger partial charge in [0.05, 0.1) is 0 Å². The first-order valence-corrected chi connectivity index (χ1v) is 5.43. The number of rotatable bonds is 2. The first-order chi connectivity index (χ1) is 6.27. The van der Waals surface area contributed by atoms with E-state index in [1.165, 1.54) is 18.9 Å². The second kappa shape index (κ2) is 5.32. The van der Waals surface area contributed by atoms with Gasteiger partial charge in [0.15, 0.2) is 0 Å². The van der Waals surface area contributed by atoms with Crippen molar-refractivity contribution in [3.63, 3.8) is 0 Å². The lowest BCUT2D eigenvalue weighted by Crippen LogP contribution is -2.33. The van der Waals surface area contributed by atoms with E-state index in [0.717, 1.165) is 25.3 Å². The maximum Gasteiger partial charge on any atom is 0.245 e. The average molecular weight is 199 g/mol. The highest BCUT2D eigenvalue weighted by molar-refractivity contribution is 7.80. The minimum absolute atomic E-state index is 0.0636.